The standard InChI is InChI=1S/C20H30O3Si/c1-20(2,3)24(5,6)23-14-18(21)12-15-7-8-17-13-19(22-4)10-9-16(17)11-15/h7-11,13,18,21H,12,14H2,1-6H3. The van der Waals surface area contributed by atoms with Gasteiger partial charge in [0.15, 0.2) is 8.32 Å². The molecule has 0 aliphatic heterocycles. The van der Waals surface area contributed by atoms with Crippen LogP contribution in [0.25, 0.3) is 10.8 Å². The molecule has 132 valence electrons. The molecule has 2 rings (SSSR count). The number of aliphatic hydroxyl groups excluding tert-OH is 1. The number of hydrogen-bond donors (Lipinski definition) is 1. The molecule has 3 nitrogen and oxygen atoms in total. The van der Waals surface area contributed by atoms with Crippen LogP contribution in [-0.2, 0) is 10.8 Å². The Morgan fingerprint density at radius 2 is 1.67 bits per heavy atom. The fraction of sp³-hybridized carbons (Fsp3) is 0.500. The Bertz CT molecular complexity index is 689. The summed E-state index contributed by atoms with van der Waals surface area (Å²) in [5.74, 6) is 0.859. The van der Waals surface area contributed by atoms with E-state index in [-0.39, 0.29) is 5.04 Å². The highest BCUT2D eigenvalue weighted by atomic mass is 28.4. The van der Waals surface area contributed by atoms with Crippen molar-refractivity contribution in [1.82, 2.24) is 0 Å². The van der Waals surface area contributed by atoms with Crippen LogP contribution in [0.1, 0.15) is 26.3 Å². The summed E-state index contributed by atoms with van der Waals surface area (Å²) in [7, 11) is -0.138. The van der Waals surface area contributed by atoms with Gasteiger partial charge in [-0.05, 0) is 46.6 Å². The summed E-state index contributed by atoms with van der Waals surface area (Å²) < 4.78 is 11.4. The van der Waals surface area contributed by atoms with E-state index in [0.717, 1.165) is 22.1 Å². The summed E-state index contributed by atoms with van der Waals surface area (Å²) in [6.07, 6.45) is 0.131. The van der Waals surface area contributed by atoms with Crippen molar-refractivity contribution < 1.29 is 14.3 Å². The van der Waals surface area contributed by atoms with Gasteiger partial charge in [0.1, 0.15) is 5.75 Å². The van der Waals surface area contributed by atoms with Crippen molar-refractivity contribution in [1.29, 1.82) is 0 Å². The van der Waals surface area contributed by atoms with Gasteiger partial charge in [-0.1, -0.05) is 45.0 Å². The zero-order valence-corrected chi connectivity index (χ0v) is 16.7. The van der Waals surface area contributed by atoms with Crippen LogP contribution in [0.4, 0.5) is 0 Å². The number of methoxy groups -OCH3 is 1. The number of hydrogen-bond acceptors (Lipinski definition) is 3. The maximum atomic E-state index is 10.4. The van der Waals surface area contributed by atoms with Crippen LogP contribution in [-0.4, -0.2) is 33.2 Å². The molecule has 0 spiro atoms. The molecule has 0 aromatic heterocycles. The molecular formula is C20H30O3Si. The molecule has 4 heteroatoms. The topological polar surface area (TPSA) is 38.7 Å². The molecule has 1 atom stereocenters. The van der Waals surface area contributed by atoms with Gasteiger partial charge in [0.25, 0.3) is 0 Å². The van der Waals surface area contributed by atoms with Crippen molar-refractivity contribution in [2.45, 2.75) is 51.4 Å². The lowest BCUT2D eigenvalue weighted by Gasteiger charge is -2.36. The molecule has 2 aromatic carbocycles. The van der Waals surface area contributed by atoms with Gasteiger partial charge in [0.2, 0.25) is 0 Å². The first-order chi connectivity index (χ1) is 11.1. The van der Waals surface area contributed by atoms with E-state index >= 15 is 0 Å². The maximum absolute atomic E-state index is 10.4. The van der Waals surface area contributed by atoms with Gasteiger partial charge in [0.05, 0.1) is 19.8 Å². The molecule has 0 fully saturated rings. The quantitative estimate of drug-likeness (QED) is 0.766. The fourth-order valence-corrected chi connectivity index (χ4v) is 3.42. The SMILES string of the molecule is COc1ccc2cc(CC(O)CO[Si](C)(C)C(C)(C)C)ccc2c1. The van der Waals surface area contributed by atoms with E-state index in [1.807, 2.05) is 12.1 Å². The Morgan fingerprint density at radius 1 is 1.04 bits per heavy atom. The van der Waals surface area contributed by atoms with Crippen molar-refractivity contribution in [2.75, 3.05) is 13.7 Å². The highest BCUT2D eigenvalue weighted by Crippen LogP contribution is 2.36. The molecule has 0 bridgehead atoms. The number of rotatable bonds is 6. The van der Waals surface area contributed by atoms with Gasteiger partial charge in [-0.15, -0.1) is 0 Å². The Balaban J connectivity index is 2.01. The van der Waals surface area contributed by atoms with Gasteiger partial charge in [-0.3, -0.25) is 0 Å². The lowest BCUT2D eigenvalue weighted by Crippen LogP contribution is -2.42. The van der Waals surface area contributed by atoms with Crippen molar-refractivity contribution in [2.24, 2.45) is 0 Å². The average molecular weight is 347 g/mol. The zero-order chi connectivity index (χ0) is 18.0. The largest absolute Gasteiger partial charge is 0.497 e. The smallest absolute Gasteiger partial charge is 0.192 e. The third-order valence-corrected chi connectivity index (χ3v) is 9.53. The lowest BCUT2D eigenvalue weighted by molar-refractivity contribution is 0.100. The molecule has 24 heavy (non-hydrogen) atoms. The van der Waals surface area contributed by atoms with Crippen molar-refractivity contribution in [3.05, 3.63) is 42.0 Å². The fourth-order valence-electron chi connectivity index (χ4n) is 2.38. The van der Waals surface area contributed by atoms with E-state index < -0.39 is 14.4 Å². The van der Waals surface area contributed by atoms with E-state index in [0.29, 0.717) is 13.0 Å². The Morgan fingerprint density at radius 3 is 2.29 bits per heavy atom. The zero-order valence-electron chi connectivity index (χ0n) is 15.7. The van der Waals surface area contributed by atoms with E-state index in [1.54, 1.807) is 7.11 Å². The van der Waals surface area contributed by atoms with Crippen LogP contribution >= 0.6 is 0 Å². The van der Waals surface area contributed by atoms with Crippen molar-refractivity contribution in [3.63, 3.8) is 0 Å². The second-order valence-corrected chi connectivity index (χ2v) is 12.8. The predicted molar refractivity (Wildman–Crippen MR) is 103 cm³/mol. The van der Waals surface area contributed by atoms with E-state index in [9.17, 15) is 5.11 Å². The molecule has 0 amide bonds. The van der Waals surface area contributed by atoms with Crippen LogP contribution in [0.2, 0.25) is 18.1 Å². The second kappa shape index (κ2) is 7.26. The van der Waals surface area contributed by atoms with Crippen molar-refractivity contribution >= 4 is 19.1 Å². The summed E-state index contributed by atoms with van der Waals surface area (Å²) in [4.78, 5) is 0. The highest BCUT2D eigenvalue weighted by molar-refractivity contribution is 6.74. The number of ether oxygens (including phenoxy) is 1. The minimum absolute atomic E-state index is 0.161. The predicted octanol–water partition coefficient (Wildman–Crippen LogP) is 4.77. The van der Waals surface area contributed by atoms with Crippen LogP contribution in [0.15, 0.2) is 36.4 Å². The van der Waals surface area contributed by atoms with E-state index in [4.69, 9.17) is 9.16 Å². The third-order valence-electron chi connectivity index (χ3n) is 5.03. The monoisotopic (exact) mass is 346 g/mol. The number of benzene rings is 2. The lowest BCUT2D eigenvalue weighted by atomic mass is 10.0. The van der Waals surface area contributed by atoms with Crippen LogP contribution in [0.3, 0.4) is 0 Å². The first kappa shape index (κ1) is 19.0. The molecule has 1 unspecified atom stereocenters. The molecule has 0 aliphatic rings. The molecule has 0 saturated heterocycles. The Kier molecular flexibility index (Phi) is 5.73. The summed E-state index contributed by atoms with van der Waals surface area (Å²) in [5, 5.41) is 12.8. The van der Waals surface area contributed by atoms with Gasteiger partial charge >= 0.3 is 0 Å². The summed E-state index contributed by atoms with van der Waals surface area (Å²) >= 11 is 0. The van der Waals surface area contributed by atoms with Crippen LogP contribution < -0.4 is 4.74 Å². The second-order valence-electron chi connectivity index (χ2n) is 7.98. The Labute approximate surface area is 146 Å². The Hall–Kier alpha value is -1.36. The maximum Gasteiger partial charge on any atom is 0.192 e. The molecule has 0 heterocycles. The molecular weight excluding hydrogens is 316 g/mol. The third kappa shape index (κ3) is 4.59. The minimum atomic E-state index is -1.81. The number of aliphatic hydroxyl groups is 1. The summed E-state index contributed by atoms with van der Waals surface area (Å²) in [5.41, 5.74) is 1.12. The van der Waals surface area contributed by atoms with Crippen LogP contribution in [0.5, 0.6) is 5.75 Å². The molecule has 0 radical (unpaired) electrons. The first-order valence-electron chi connectivity index (χ1n) is 8.51. The van der Waals surface area contributed by atoms with Gasteiger partial charge in [-0.25, -0.2) is 0 Å². The van der Waals surface area contributed by atoms with Crippen molar-refractivity contribution in [3.8, 4) is 5.75 Å². The average Bonchev–Trinajstić information content (AvgIpc) is 2.51. The first-order valence-corrected chi connectivity index (χ1v) is 11.4. The summed E-state index contributed by atoms with van der Waals surface area (Å²) in [6, 6.07) is 12.3. The number of fused-ring (bicyclic) bond motifs is 1. The molecule has 0 aliphatic carbocycles. The van der Waals surface area contributed by atoms with Crippen LogP contribution in [0, 0.1) is 0 Å². The minimum Gasteiger partial charge on any atom is -0.497 e. The normalized spacial score (nSPS) is 14.0. The highest BCUT2D eigenvalue weighted by Gasteiger charge is 2.37. The van der Waals surface area contributed by atoms with E-state index in [1.165, 1.54) is 0 Å². The molecule has 0 saturated carbocycles. The molecule has 2 aromatic rings. The molecule has 1 N–H and O–H groups in total. The van der Waals surface area contributed by atoms with Gasteiger partial charge in [0, 0.05) is 6.42 Å². The van der Waals surface area contributed by atoms with Gasteiger partial charge in [-0.2, -0.15) is 0 Å². The van der Waals surface area contributed by atoms with E-state index in [2.05, 4.69) is 58.1 Å². The van der Waals surface area contributed by atoms with Gasteiger partial charge < -0.3 is 14.3 Å². The summed E-state index contributed by atoms with van der Waals surface area (Å²) in [6.45, 7) is 11.5.